The Morgan fingerprint density at radius 2 is 2.12 bits per heavy atom. The average molecular weight is 259 g/mol. The number of hydrogen-bond donors (Lipinski definition) is 1. The van der Waals surface area contributed by atoms with Crippen LogP contribution < -0.4 is 5.32 Å². The first-order chi connectivity index (χ1) is 7.50. The maximum Gasteiger partial charge on any atom is 0.0440 e. The molecule has 0 saturated heterocycles. The van der Waals surface area contributed by atoms with Gasteiger partial charge in [0.25, 0.3) is 0 Å². The van der Waals surface area contributed by atoms with Crippen LogP contribution in [-0.2, 0) is 10.8 Å². The van der Waals surface area contributed by atoms with E-state index < -0.39 is 10.8 Å². The molecule has 0 aliphatic heterocycles. The highest BCUT2D eigenvalue weighted by Crippen LogP contribution is 2.26. The summed E-state index contributed by atoms with van der Waals surface area (Å²) in [7, 11) is -0.731. The lowest BCUT2D eigenvalue weighted by Crippen LogP contribution is -2.36. The van der Waals surface area contributed by atoms with Crippen molar-refractivity contribution in [3.05, 3.63) is 22.4 Å². The van der Waals surface area contributed by atoms with E-state index in [1.165, 1.54) is 4.88 Å². The molecule has 1 aromatic rings. The Labute approximate surface area is 105 Å². The van der Waals surface area contributed by atoms with Gasteiger partial charge in [-0.2, -0.15) is 0 Å². The van der Waals surface area contributed by atoms with Crippen LogP contribution >= 0.6 is 11.3 Å². The number of rotatable bonds is 6. The first-order valence-corrected chi connectivity index (χ1v) is 8.21. The Kier molecular flexibility index (Phi) is 5.66. The summed E-state index contributed by atoms with van der Waals surface area (Å²) in [5.41, 5.74) is 0. The summed E-state index contributed by atoms with van der Waals surface area (Å²) < 4.78 is 11.2. The molecule has 2 nitrogen and oxygen atoms in total. The van der Waals surface area contributed by atoms with Gasteiger partial charge >= 0.3 is 0 Å². The first kappa shape index (κ1) is 13.9. The molecule has 4 heteroatoms. The lowest BCUT2D eigenvalue weighted by Gasteiger charge is -2.25. The third-order valence-electron chi connectivity index (χ3n) is 2.47. The predicted molar refractivity (Wildman–Crippen MR) is 73.4 cm³/mol. The molecule has 0 aliphatic carbocycles. The molecule has 0 bridgehead atoms. The molecule has 0 amide bonds. The summed E-state index contributed by atoms with van der Waals surface area (Å²) >= 11 is 1.78. The SMILES string of the molecule is CC(CS(C)=O)NC(c1cccs1)C(C)C. The number of hydrogen-bond acceptors (Lipinski definition) is 3. The first-order valence-electron chi connectivity index (χ1n) is 5.60. The molecule has 0 radical (unpaired) electrons. The minimum absolute atomic E-state index is 0.292. The Hall–Kier alpha value is -0.190. The van der Waals surface area contributed by atoms with Gasteiger partial charge in [-0.1, -0.05) is 19.9 Å². The highest BCUT2D eigenvalue weighted by atomic mass is 32.2. The topological polar surface area (TPSA) is 29.1 Å². The average Bonchev–Trinajstić information content (AvgIpc) is 2.64. The third-order valence-corrected chi connectivity index (χ3v) is 4.39. The Morgan fingerprint density at radius 1 is 1.44 bits per heavy atom. The molecule has 16 heavy (non-hydrogen) atoms. The van der Waals surface area contributed by atoms with Gasteiger partial charge in [-0.25, -0.2) is 0 Å². The van der Waals surface area contributed by atoms with Crippen LogP contribution in [0, 0.1) is 5.92 Å². The zero-order valence-electron chi connectivity index (χ0n) is 10.4. The second kappa shape index (κ2) is 6.52. The van der Waals surface area contributed by atoms with Gasteiger partial charge in [0.1, 0.15) is 0 Å². The molecule has 1 N–H and O–H groups in total. The smallest absolute Gasteiger partial charge is 0.0440 e. The molecule has 1 aromatic heterocycles. The molecule has 0 saturated carbocycles. The van der Waals surface area contributed by atoms with E-state index in [0.717, 1.165) is 0 Å². The molecular formula is C12H21NOS2. The standard InChI is InChI=1S/C12H21NOS2/c1-9(2)12(11-6-5-7-15-11)13-10(3)8-16(4)14/h5-7,9-10,12-13H,8H2,1-4H3. The molecule has 3 unspecified atom stereocenters. The minimum atomic E-state index is -0.731. The van der Waals surface area contributed by atoms with Crippen LogP contribution in [0.15, 0.2) is 17.5 Å². The molecule has 1 rings (SSSR count). The summed E-state index contributed by atoms with van der Waals surface area (Å²) in [6.45, 7) is 6.53. The summed E-state index contributed by atoms with van der Waals surface area (Å²) in [6.07, 6.45) is 1.76. The summed E-state index contributed by atoms with van der Waals surface area (Å²) in [5.74, 6) is 1.26. The quantitative estimate of drug-likeness (QED) is 0.851. The van der Waals surface area contributed by atoms with E-state index in [4.69, 9.17) is 0 Å². The fourth-order valence-corrected chi connectivity index (χ4v) is 3.54. The monoisotopic (exact) mass is 259 g/mol. The number of thiophene rings is 1. The van der Waals surface area contributed by atoms with Gasteiger partial charge in [-0.3, -0.25) is 4.21 Å². The maximum atomic E-state index is 11.2. The zero-order chi connectivity index (χ0) is 12.1. The third kappa shape index (κ3) is 4.36. The van der Waals surface area contributed by atoms with Crippen molar-refractivity contribution in [3.63, 3.8) is 0 Å². The Morgan fingerprint density at radius 3 is 2.56 bits per heavy atom. The van der Waals surface area contributed by atoms with Gasteiger partial charge in [-0.05, 0) is 24.3 Å². The Bertz CT molecular complexity index is 322. The van der Waals surface area contributed by atoms with Crippen molar-refractivity contribution < 1.29 is 4.21 Å². The summed E-state index contributed by atoms with van der Waals surface area (Å²) in [5, 5.41) is 5.67. The van der Waals surface area contributed by atoms with Crippen molar-refractivity contribution in [2.45, 2.75) is 32.9 Å². The van der Waals surface area contributed by atoms with Gasteiger partial charge in [0.2, 0.25) is 0 Å². The highest BCUT2D eigenvalue weighted by molar-refractivity contribution is 7.84. The Balaban J connectivity index is 2.62. The second-order valence-electron chi connectivity index (χ2n) is 4.54. The van der Waals surface area contributed by atoms with Crippen LogP contribution in [0.4, 0.5) is 0 Å². The van der Waals surface area contributed by atoms with Crippen molar-refractivity contribution in [3.8, 4) is 0 Å². The zero-order valence-corrected chi connectivity index (χ0v) is 12.0. The summed E-state index contributed by atoms with van der Waals surface area (Å²) in [6, 6.07) is 4.91. The lowest BCUT2D eigenvalue weighted by molar-refractivity contribution is 0.388. The molecule has 3 atom stereocenters. The molecule has 1 heterocycles. The van der Waals surface area contributed by atoms with Gasteiger partial charge in [-0.15, -0.1) is 11.3 Å². The van der Waals surface area contributed by atoms with Crippen LogP contribution in [0.2, 0.25) is 0 Å². The molecule has 0 fully saturated rings. The normalized spacial score (nSPS) is 17.3. The van der Waals surface area contributed by atoms with Gasteiger partial charge < -0.3 is 5.32 Å². The van der Waals surface area contributed by atoms with Gasteiger partial charge in [0, 0.05) is 39.8 Å². The van der Waals surface area contributed by atoms with Crippen LogP contribution in [-0.4, -0.2) is 22.3 Å². The van der Waals surface area contributed by atoms with Crippen LogP contribution in [0.1, 0.15) is 31.7 Å². The van der Waals surface area contributed by atoms with Gasteiger partial charge in [0.15, 0.2) is 0 Å². The van der Waals surface area contributed by atoms with E-state index in [2.05, 4.69) is 43.6 Å². The van der Waals surface area contributed by atoms with E-state index in [9.17, 15) is 4.21 Å². The van der Waals surface area contributed by atoms with Crippen LogP contribution in [0.3, 0.4) is 0 Å². The van der Waals surface area contributed by atoms with Crippen molar-refractivity contribution >= 4 is 22.1 Å². The van der Waals surface area contributed by atoms with Crippen molar-refractivity contribution in [1.29, 1.82) is 0 Å². The lowest BCUT2D eigenvalue weighted by atomic mass is 10.0. The largest absolute Gasteiger partial charge is 0.306 e. The van der Waals surface area contributed by atoms with E-state index in [1.807, 2.05) is 0 Å². The minimum Gasteiger partial charge on any atom is -0.306 e. The van der Waals surface area contributed by atoms with Gasteiger partial charge in [0.05, 0.1) is 0 Å². The fraction of sp³-hybridized carbons (Fsp3) is 0.667. The van der Waals surface area contributed by atoms with Crippen molar-refractivity contribution in [2.24, 2.45) is 5.92 Å². The van der Waals surface area contributed by atoms with E-state index >= 15 is 0 Å². The molecular weight excluding hydrogens is 238 g/mol. The van der Waals surface area contributed by atoms with E-state index in [0.29, 0.717) is 23.8 Å². The number of nitrogens with one attached hydrogen (secondary N) is 1. The van der Waals surface area contributed by atoms with E-state index in [1.54, 1.807) is 17.6 Å². The van der Waals surface area contributed by atoms with Crippen molar-refractivity contribution in [2.75, 3.05) is 12.0 Å². The highest BCUT2D eigenvalue weighted by Gasteiger charge is 2.19. The molecule has 0 aliphatic rings. The predicted octanol–water partition coefficient (Wildman–Crippen LogP) is 2.80. The maximum absolute atomic E-state index is 11.2. The molecule has 92 valence electrons. The second-order valence-corrected chi connectivity index (χ2v) is 7.00. The molecule has 0 spiro atoms. The summed E-state index contributed by atoms with van der Waals surface area (Å²) in [4.78, 5) is 1.36. The fourth-order valence-electron chi connectivity index (χ4n) is 1.78. The van der Waals surface area contributed by atoms with Crippen molar-refractivity contribution in [1.82, 2.24) is 5.32 Å². The van der Waals surface area contributed by atoms with Crippen LogP contribution in [0.5, 0.6) is 0 Å². The van der Waals surface area contributed by atoms with Crippen LogP contribution in [0.25, 0.3) is 0 Å². The molecule has 0 aromatic carbocycles. The van der Waals surface area contributed by atoms with E-state index in [-0.39, 0.29) is 0 Å².